The van der Waals surface area contributed by atoms with E-state index in [4.69, 9.17) is 10.00 Å². The van der Waals surface area contributed by atoms with E-state index in [1.54, 1.807) is 48.5 Å². The first-order valence-electron chi connectivity index (χ1n) is 8.16. The summed E-state index contributed by atoms with van der Waals surface area (Å²) in [6, 6.07) is 13.1. The van der Waals surface area contributed by atoms with Crippen LogP contribution in [0.1, 0.15) is 34.8 Å². The van der Waals surface area contributed by atoms with Crippen LogP contribution in [-0.4, -0.2) is 21.8 Å². The van der Waals surface area contributed by atoms with Crippen molar-refractivity contribution in [2.75, 3.05) is 7.11 Å². The van der Waals surface area contributed by atoms with Crippen molar-refractivity contribution in [1.82, 2.24) is 9.55 Å². The molecule has 1 aliphatic rings. The molecule has 0 saturated heterocycles. The van der Waals surface area contributed by atoms with Crippen molar-refractivity contribution in [2.24, 2.45) is 0 Å². The lowest BCUT2D eigenvalue weighted by Crippen LogP contribution is -2.25. The number of halogens is 1. The monoisotopic (exact) mass is 349 g/mol. The van der Waals surface area contributed by atoms with E-state index in [-0.39, 0.29) is 12.0 Å². The van der Waals surface area contributed by atoms with Crippen LogP contribution in [0.25, 0.3) is 0 Å². The molecule has 2 aromatic carbocycles. The second-order valence-corrected chi connectivity index (χ2v) is 6.31. The van der Waals surface area contributed by atoms with Gasteiger partial charge in [0.25, 0.3) is 0 Å². The van der Waals surface area contributed by atoms with Crippen molar-refractivity contribution < 1.29 is 14.2 Å². The fourth-order valence-corrected chi connectivity index (χ4v) is 3.72. The maximum absolute atomic E-state index is 14.6. The molecule has 4 rings (SSSR count). The molecule has 3 aromatic rings. The van der Waals surface area contributed by atoms with Crippen molar-refractivity contribution >= 4 is 0 Å². The molecule has 1 N–H and O–H groups in total. The smallest absolute Gasteiger partial charge is 0.137 e. The molecule has 2 atom stereocenters. The molecule has 1 aromatic heterocycles. The zero-order valence-electron chi connectivity index (χ0n) is 14.1. The van der Waals surface area contributed by atoms with Crippen molar-refractivity contribution in [3.8, 4) is 11.8 Å². The number of hydrogen-bond acceptors (Lipinski definition) is 4. The molecule has 130 valence electrons. The van der Waals surface area contributed by atoms with E-state index in [0.717, 1.165) is 0 Å². The maximum Gasteiger partial charge on any atom is 0.137 e. The summed E-state index contributed by atoms with van der Waals surface area (Å²) in [7, 11) is 1.55. The maximum atomic E-state index is 14.6. The van der Waals surface area contributed by atoms with Gasteiger partial charge in [0.1, 0.15) is 17.2 Å². The Morgan fingerprint density at radius 3 is 2.88 bits per heavy atom. The minimum Gasteiger partial charge on any atom is -0.496 e. The number of nitrogens with zero attached hydrogens (tertiary/aromatic N) is 3. The average Bonchev–Trinajstić information content (AvgIpc) is 3.25. The molecule has 0 spiro atoms. The number of fused-ring (bicyclic) bond motifs is 1. The van der Waals surface area contributed by atoms with E-state index in [2.05, 4.69) is 4.98 Å². The Morgan fingerprint density at radius 1 is 1.35 bits per heavy atom. The highest BCUT2D eigenvalue weighted by molar-refractivity contribution is 5.46. The topological polar surface area (TPSA) is 71.1 Å². The fourth-order valence-electron chi connectivity index (χ4n) is 3.72. The van der Waals surface area contributed by atoms with Gasteiger partial charge in [-0.2, -0.15) is 5.26 Å². The van der Waals surface area contributed by atoms with Gasteiger partial charge in [0.2, 0.25) is 0 Å². The van der Waals surface area contributed by atoms with E-state index in [0.29, 0.717) is 22.6 Å². The summed E-state index contributed by atoms with van der Waals surface area (Å²) in [6.07, 6.45) is 3.42. The van der Waals surface area contributed by atoms with E-state index in [1.807, 2.05) is 18.2 Å². The molecular weight excluding hydrogens is 333 g/mol. The van der Waals surface area contributed by atoms with Gasteiger partial charge in [-0.1, -0.05) is 24.3 Å². The molecule has 0 radical (unpaired) electrons. The van der Waals surface area contributed by atoms with Gasteiger partial charge < -0.3 is 14.4 Å². The number of hydrogen-bond donors (Lipinski definition) is 1. The largest absolute Gasteiger partial charge is 0.496 e. The van der Waals surface area contributed by atoms with E-state index >= 15 is 0 Å². The van der Waals surface area contributed by atoms with Crippen LogP contribution in [0, 0.1) is 17.1 Å². The van der Waals surface area contributed by atoms with Crippen LogP contribution >= 0.6 is 0 Å². The standard InChI is InChI=1S/C20H16FN3O2/c1-26-18-5-3-2-4-15(18)20(25)9-17(24-12-23-11-19(20)24)14-7-6-13(10-22)8-16(14)21/h2-8,11-12,17,25H,9H2,1H3. The van der Waals surface area contributed by atoms with Gasteiger partial charge >= 0.3 is 0 Å². The van der Waals surface area contributed by atoms with E-state index in [1.165, 1.54) is 6.07 Å². The van der Waals surface area contributed by atoms with E-state index < -0.39 is 17.5 Å². The molecule has 26 heavy (non-hydrogen) atoms. The summed E-state index contributed by atoms with van der Waals surface area (Å²) in [5, 5.41) is 20.5. The first kappa shape index (κ1) is 16.3. The Kier molecular flexibility index (Phi) is 3.74. The summed E-state index contributed by atoms with van der Waals surface area (Å²) < 4.78 is 21.8. The predicted octanol–water partition coefficient (Wildman–Crippen LogP) is 3.13. The second kappa shape index (κ2) is 5.97. The van der Waals surface area contributed by atoms with Gasteiger partial charge in [0, 0.05) is 17.5 Å². The number of aromatic nitrogens is 2. The molecule has 2 heterocycles. The number of para-hydroxylation sites is 1. The van der Waals surface area contributed by atoms with Gasteiger partial charge in [-0.15, -0.1) is 0 Å². The molecule has 0 amide bonds. The van der Waals surface area contributed by atoms with Gasteiger partial charge in [-0.05, 0) is 18.2 Å². The van der Waals surface area contributed by atoms with Crippen LogP contribution in [-0.2, 0) is 5.60 Å². The van der Waals surface area contributed by atoms with Gasteiger partial charge in [-0.25, -0.2) is 9.37 Å². The molecular formula is C20H16FN3O2. The third-order valence-electron chi connectivity index (χ3n) is 4.96. The summed E-state index contributed by atoms with van der Waals surface area (Å²) in [5.41, 5.74) is 0.509. The van der Waals surface area contributed by atoms with Gasteiger partial charge in [-0.3, -0.25) is 0 Å². The van der Waals surface area contributed by atoms with Crippen LogP contribution in [0.5, 0.6) is 5.75 Å². The first-order valence-corrected chi connectivity index (χ1v) is 8.16. The summed E-state index contributed by atoms with van der Waals surface area (Å²) >= 11 is 0. The van der Waals surface area contributed by atoms with Crippen molar-refractivity contribution in [3.63, 3.8) is 0 Å². The molecule has 0 bridgehead atoms. The number of imidazole rings is 1. The minimum absolute atomic E-state index is 0.244. The quantitative estimate of drug-likeness (QED) is 0.789. The summed E-state index contributed by atoms with van der Waals surface area (Å²) in [5.74, 6) is 0.0849. The first-order chi connectivity index (χ1) is 12.6. The van der Waals surface area contributed by atoms with Crippen LogP contribution < -0.4 is 4.74 Å². The number of ether oxygens (including phenoxy) is 1. The highest BCUT2D eigenvalue weighted by Gasteiger charge is 2.46. The normalized spacial score (nSPS) is 21.2. The summed E-state index contributed by atoms with van der Waals surface area (Å²) in [4.78, 5) is 4.15. The highest BCUT2D eigenvalue weighted by atomic mass is 19.1. The van der Waals surface area contributed by atoms with Crippen LogP contribution in [0.4, 0.5) is 4.39 Å². The Morgan fingerprint density at radius 2 is 2.15 bits per heavy atom. The number of aliphatic hydroxyl groups is 1. The number of methoxy groups -OCH3 is 1. The lowest BCUT2D eigenvalue weighted by atomic mass is 9.86. The Hall–Kier alpha value is -3.17. The lowest BCUT2D eigenvalue weighted by molar-refractivity contribution is 0.0763. The Bertz CT molecular complexity index is 1020. The number of rotatable bonds is 3. The van der Waals surface area contributed by atoms with Crippen LogP contribution in [0.15, 0.2) is 55.0 Å². The zero-order chi connectivity index (χ0) is 18.3. The fraction of sp³-hybridized carbons (Fsp3) is 0.200. The Balaban J connectivity index is 1.85. The third kappa shape index (κ3) is 2.29. The zero-order valence-corrected chi connectivity index (χ0v) is 14.1. The SMILES string of the molecule is COc1ccccc1C1(O)CC(c2ccc(C#N)cc2F)n2cncc21. The molecule has 5 nitrogen and oxygen atoms in total. The molecule has 1 aliphatic heterocycles. The van der Waals surface area contributed by atoms with E-state index in [9.17, 15) is 9.50 Å². The van der Waals surface area contributed by atoms with Crippen molar-refractivity contribution in [2.45, 2.75) is 18.1 Å². The Labute approximate surface area is 149 Å². The lowest BCUT2D eigenvalue weighted by Gasteiger charge is -2.25. The molecule has 2 unspecified atom stereocenters. The molecule has 6 heteroatoms. The van der Waals surface area contributed by atoms with Crippen LogP contribution in [0.2, 0.25) is 0 Å². The minimum atomic E-state index is -1.35. The second-order valence-electron chi connectivity index (χ2n) is 6.31. The third-order valence-corrected chi connectivity index (χ3v) is 4.96. The van der Waals surface area contributed by atoms with Crippen molar-refractivity contribution in [1.29, 1.82) is 5.26 Å². The van der Waals surface area contributed by atoms with Gasteiger partial charge in [0.15, 0.2) is 0 Å². The molecule has 0 fully saturated rings. The number of benzene rings is 2. The van der Waals surface area contributed by atoms with Crippen molar-refractivity contribution in [3.05, 3.63) is 83.2 Å². The highest BCUT2D eigenvalue weighted by Crippen LogP contribution is 2.49. The predicted molar refractivity (Wildman–Crippen MR) is 92.1 cm³/mol. The van der Waals surface area contributed by atoms with Crippen LogP contribution in [0.3, 0.4) is 0 Å². The molecule has 0 saturated carbocycles. The average molecular weight is 349 g/mol. The molecule has 0 aliphatic carbocycles. The van der Waals surface area contributed by atoms with Gasteiger partial charge in [0.05, 0.1) is 43.0 Å². The number of nitriles is 1. The summed E-state index contributed by atoms with van der Waals surface area (Å²) in [6.45, 7) is 0.